The van der Waals surface area contributed by atoms with E-state index in [1.54, 1.807) is 25.1 Å². The Balaban J connectivity index is 1.61. The number of hydrogen-bond donors (Lipinski definition) is 2. The molecule has 2 N–H and O–H groups in total. The van der Waals surface area contributed by atoms with Gasteiger partial charge < -0.3 is 19.9 Å². The molecule has 0 spiro atoms. The lowest BCUT2D eigenvalue weighted by Crippen LogP contribution is -2.19. The Kier molecular flexibility index (Phi) is 9.11. The van der Waals surface area contributed by atoms with Gasteiger partial charge in [0.05, 0.1) is 10.0 Å². The first-order chi connectivity index (χ1) is 15.5. The van der Waals surface area contributed by atoms with E-state index < -0.39 is 0 Å². The van der Waals surface area contributed by atoms with Gasteiger partial charge in [-0.2, -0.15) is 0 Å². The highest BCUT2D eigenvalue weighted by atomic mass is 35.5. The zero-order valence-electron chi connectivity index (χ0n) is 18.2. The smallest absolute Gasteiger partial charge is 0.261 e. The zero-order valence-corrected chi connectivity index (χ0v) is 19.7. The SMILES string of the molecule is CCOCCCNCCc1ccc(NC(=O)c2c(-c3c(Cl)cccc3Cl)noc2C)cc1. The number of nitrogens with one attached hydrogen (secondary N) is 2. The van der Waals surface area contributed by atoms with Crippen molar-refractivity contribution < 1.29 is 14.1 Å². The van der Waals surface area contributed by atoms with Gasteiger partial charge in [0.15, 0.2) is 0 Å². The van der Waals surface area contributed by atoms with Crippen LogP contribution in [0.4, 0.5) is 5.69 Å². The summed E-state index contributed by atoms with van der Waals surface area (Å²) in [5.41, 5.74) is 2.97. The fourth-order valence-electron chi connectivity index (χ4n) is 3.28. The number of halogens is 2. The maximum absolute atomic E-state index is 13.0. The standard InChI is InChI=1S/C24H27Cl2N3O3/c1-3-31-15-5-13-27-14-12-17-8-10-18(11-9-17)28-24(30)21-16(2)32-29-23(21)22-19(25)6-4-7-20(22)26/h4,6-11,27H,3,5,12-15H2,1-2H3,(H,28,30). The highest BCUT2D eigenvalue weighted by Gasteiger charge is 2.24. The van der Waals surface area contributed by atoms with Crippen LogP contribution in [0.1, 0.15) is 35.0 Å². The molecule has 170 valence electrons. The van der Waals surface area contributed by atoms with Gasteiger partial charge >= 0.3 is 0 Å². The summed E-state index contributed by atoms with van der Waals surface area (Å²) in [5.74, 6) is 0.0546. The Morgan fingerprint density at radius 3 is 2.50 bits per heavy atom. The summed E-state index contributed by atoms with van der Waals surface area (Å²) in [6, 6.07) is 12.9. The first-order valence-electron chi connectivity index (χ1n) is 10.6. The molecule has 0 radical (unpaired) electrons. The topological polar surface area (TPSA) is 76.4 Å². The van der Waals surface area contributed by atoms with E-state index in [0.29, 0.717) is 38.3 Å². The molecule has 1 amide bonds. The van der Waals surface area contributed by atoms with Crippen molar-refractivity contribution in [3.63, 3.8) is 0 Å². The number of ether oxygens (including phenoxy) is 1. The summed E-state index contributed by atoms with van der Waals surface area (Å²) in [7, 11) is 0. The van der Waals surface area contributed by atoms with Crippen LogP contribution in [0.5, 0.6) is 0 Å². The predicted molar refractivity (Wildman–Crippen MR) is 129 cm³/mol. The van der Waals surface area contributed by atoms with Gasteiger partial charge in [0.1, 0.15) is 17.0 Å². The first-order valence-corrected chi connectivity index (χ1v) is 11.4. The average molecular weight is 476 g/mol. The van der Waals surface area contributed by atoms with Crippen molar-refractivity contribution in [2.45, 2.75) is 26.7 Å². The highest BCUT2D eigenvalue weighted by Crippen LogP contribution is 2.37. The highest BCUT2D eigenvalue weighted by molar-refractivity contribution is 6.39. The van der Waals surface area contributed by atoms with Crippen molar-refractivity contribution in [2.24, 2.45) is 0 Å². The number of rotatable bonds is 11. The van der Waals surface area contributed by atoms with Gasteiger partial charge in [-0.05, 0) is 69.6 Å². The third-order valence-corrected chi connectivity index (χ3v) is 5.57. The van der Waals surface area contributed by atoms with Crippen molar-refractivity contribution in [1.29, 1.82) is 0 Å². The molecular weight excluding hydrogens is 449 g/mol. The van der Waals surface area contributed by atoms with Crippen LogP contribution in [0.15, 0.2) is 47.0 Å². The summed E-state index contributed by atoms with van der Waals surface area (Å²) in [5, 5.41) is 11.1. The molecule has 0 unspecified atom stereocenters. The monoisotopic (exact) mass is 475 g/mol. The van der Waals surface area contributed by atoms with Crippen LogP contribution >= 0.6 is 23.2 Å². The lowest BCUT2D eigenvalue weighted by Gasteiger charge is -2.09. The van der Waals surface area contributed by atoms with Crippen molar-refractivity contribution in [1.82, 2.24) is 10.5 Å². The first kappa shape index (κ1) is 24.3. The van der Waals surface area contributed by atoms with Crippen LogP contribution in [-0.4, -0.2) is 37.4 Å². The maximum Gasteiger partial charge on any atom is 0.261 e. The molecule has 0 bridgehead atoms. The average Bonchev–Trinajstić information content (AvgIpc) is 3.15. The molecule has 0 fully saturated rings. The molecule has 2 aromatic carbocycles. The number of carbonyl (C=O) groups is 1. The quantitative estimate of drug-likeness (QED) is 0.344. The van der Waals surface area contributed by atoms with E-state index in [1.807, 2.05) is 31.2 Å². The molecular formula is C24H27Cl2N3O3. The van der Waals surface area contributed by atoms with Gasteiger partial charge in [-0.15, -0.1) is 0 Å². The summed E-state index contributed by atoms with van der Waals surface area (Å²) < 4.78 is 10.6. The van der Waals surface area contributed by atoms with E-state index in [0.717, 1.165) is 39.1 Å². The van der Waals surface area contributed by atoms with E-state index in [4.69, 9.17) is 32.5 Å². The Labute approximate surface area is 198 Å². The number of hydrogen-bond acceptors (Lipinski definition) is 5. The minimum Gasteiger partial charge on any atom is -0.382 e. The number of carbonyl (C=O) groups excluding carboxylic acids is 1. The van der Waals surface area contributed by atoms with Gasteiger partial charge in [-0.3, -0.25) is 4.79 Å². The van der Waals surface area contributed by atoms with E-state index in [-0.39, 0.29) is 5.91 Å². The molecule has 0 saturated heterocycles. The molecule has 6 nitrogen and oxygen atoms in total. The molecule has 0 aliphatic rings. The second-order valence-electron chi connectivity index (χ2n) is 7.26. The van der Waals surface area contributed by atoms with Crippen molar-refractivity contribution in [3.8, 4) is 11.3 Å². The molecule has 8 heteroatoms. The summed E-state index contributed by atoms with van der Waals surface area (Å²) in [4.78, 5) is 13.0. The van der Waals surface area contributed by atoms with Crippen molar-refractivity contribution in [3.05, 3.63) is 69.4 Å². The molecule has 1 heterocycles. The minimum absolute atomic E-state index is 0.306. The van der Waals surface area contributed by atoms with Crippen LogP contribution in [0.2, 0.25) is 10.0 Å². The third-order valence-electron chi connectivity index (χ3n) is 4.94. The van der Waals surface area contributed by atoms with Crippen molar-refractivity contribution >= 4 is 34.8 Å². The molecule has 0 saturated carbocycles. The summed E-state index contributed by atoms with van der Waals surface area (Å²) in [6.07, 6.45) is 1.91. The lowest BCUT2D eigenvalue weighted by molar-refractivity contribution is 0.102. The predicted octanol–water partition coefficient (Wildman–Crippen LogP) is 5.77. The van der Waals surface area contributed by atoms with Gasteiger partial charge in [0.25, 0.3) is 5.91 Å². The number of amides is 1. The molecule has 3 rings (SSSR count). The van der Waals surface area contributed by atoms with E-state index in [9.17, 15) is 4.79 Å². The van der Waals surface area contributed by atoms with Crippen LogP contribution in [0, 0.1) is 6.92 Å². The van der Waals surface area contributed by atoms with Crippen molar-refractivity contribution in [2.75, 3.05) is 31.6 Å². The maximum atomic E-state index is 13.0. The van der Waals surface area contributed by atoms with Gasteiger partial charge in [-0.25, -0.2) is 0 Å². The fourth-order valence-corrected chi connectivity index (χ4v) is 3.86. The second kappa shape index (κ2) is 12.0. The Hall–Kier alpha value is -2.38. The number of anilines is 1. The van der Waals surface area contributed by atoms with Crippen LogP contribution in [0.3, 0.4) is 0 Å². The van der Waals surface area contributed by atoms with Gasteiger partial charge in [0.2, 0.25) is 0 Å². The largest absolute Gasteiger partial charge is 0.382 e. The van der Waals surface area contributed by atoms with E-state index in [2.05, 4.69) is 15.8 Å². The van der Waals surface area contributed by atoms with Gasteiger partial charge in [0, 0.05) is 24.5 Å². The van der Waals surface area contributed by atoms with Crippen LogP contribution < -0.4 is 10.6 Å². The molecule has 0 aliphatic heterocycles. The number of aromatic nitrogens is 1. The lowest BCUT2D eigenvalue weighted by atomic mass is 10.1. The molecule has 3 aromatic rings. The molecule has 0 aliphatic carbocycles. The fraction of sp³-hybridized carbons (Fsp3) is 0.333. The molecule has 0 atom stereocenters. The molecule has 32 heavy (non-hydrogen) atoms. The Morgan fingerprint density at radius 1 is 1.09 bits per heavy atom. The summed E-state index contributed by atoms with van der Waals surface area (Å²) in [6.45, 7) is 7.05. The Bertz CT molecular complexity index is 1020. The normalized spacial score (nSPS) is 11.0. The van der Waals surface area contributed by atoms with Crippen LogP contribution in [-0.2, 0) is 11.2 Å². The Morgan fingerprint density at radius 2 is 1.81 bits per heavy atom. The molecule has 1 aromatic heterocycles. The zero-order chi connectivity index (χ0) is 22.9. The van der Waals surface area contributed by atoms with Gasteiger partial charge in [-0.1, -0.05) is 46.6 Å². The summed E-state index contributed by atoms with van der Waals surface area (Å²) >= 11 is 12.6. The minimum atomic E-state index is -0.335. The third kappa shape index (κ3) is 6.33. The van der Waals surface area contributed by atoms with Crippen LogP contribution in [0.25, 0.3) is 11.3 Å². The number of aryl methyl sites for hydroxylation is 1. The second-order valence-corrected chi connectivity index (χ2v) is 8.07. The van der Waals surface area contributed by atoms with E-state index >= 15 is 0 Å². The van der Waals surface area contributed by atoms with E-state index in [1.165, 1.54) is 5.56 Å². The number of nitrogens with zero attached hydrogens (tertiary/aromatic N) is 1. The number of benzene rings is 2.